The first-order chi connectivity index (χ1) is 6.74. The van der Waals surface area contributed by atoms with E-state index in [0.717, 1.165) is 32.7 Å². The number of hydrogen-bond acceptors (Lipinski definition) is 4. The van der Waals surface area contributed by atoms with Crippen molar-refractivity contribution in [1.29, 1.82) is 5.26 Å². The van der Waals surface area contributed by atoms with Crippen LogP contribution in [0.4, 0.5) is 0 Å². The molecule has 4 heteroatoms. The average Bonchev–Trinajstić information content (AvgIpc) is 2.19. The number of nitriles is 1. The molecule has 0 aromatic carbocycles. The number of rotatable bonds is 4. The molecule has 0 aliphatic carbocycles. The molecule has 0 saturated carbocycles. The molecule has 1 rings (SSSR count). The Morgan fingerprint density at radius 3 is 3.14 bits per heavy atom. The van der Waals surface area contributed by atoms with Gasteiger partial charge in [0.2, 0.25) is 0 Å². The van der Waals surface area contributed by atoms with Gasteiger partial charge in [-0.05, 0) is 19.9 Å². The van der Waals surface area contributed by atoms with E-state index in [1.165, 1.54) is 0 Å². The minimum Gasteiger partial charge on any atom is -0.374 e. The number of nitrogens with two attached hydrogens (primary N) is 1. The zero-order valence-corrected chi connectivity index (χ0v) is 8.78. The lowest BCUT2D eigenvalue weighted by atomic mass is 10.1. The van der Waals surface area contributed by atoms with Gasteiger partial charge in [-0.2, -0.15) is 5.26 Å². The minimum atomic E-state index is 0.0915. The van der Waals surface area contributed by atoms with Crippen molar-refractivity contribution in [3.8, 4) is 6.07 Å². The molecule has 1 aliphatic heterocycles. The molecular weight excluding hydrogens is 178 g/mol. The van der Waals surface area contributed by atoms with Gasteiger partial charge >= 0.3 is 0 Å². The SMILES string of the molecule is CC(N)C1CN(CCCC#N)CCO1. The maximum Gasteiger partial charge on any atom is 0.0850 e. The van der Waals surface area contributed by atoms with Gasteiger partial charge in [-0.3, -0.25) is 4.90 Å². The number of hydrogen-bond donors (Lipinski definition) is 1. The van der Waals surface area contributed by atoms with E-state index in [4.69, 9.17) is 15.7 Å². The van der Waals surface area contributed by atoms with Crippen LogP contribution in [0.2, 0.25) is 0 Å². The van der Waals surface area contributed by atoms with Crippen LogP contribution in [0.3, 0.4) is 0 Å². The summed E-state index contributed by atoms with van der Waals surface area (Å²) in [4.78, 5) is 2.33. The first-order valence-electron chi connectivity index (χ1n) is 5.20. The molecule has 0 aromatic heterocycles. The van der Waals surface area contributed by atoms with E-state index in [1.54, 1.807) is 0 Å². The van der Waals surface area contributed by atoms with Crippen molar-refractivity contribution in [2.45, 2.75) is 31.9 Å². The molecule has 4 nitrogen and oxygen atoms in total. The molecule has 2 atom stereocenters. The molecular formula is C10H19N3O. The lowest BCUT2D eigenvalue weighted by Gasteiger charge is -2.34. The standard InChI is InChI=1S/C10H19N3O/c1-9(12)10-8-13(6-7-14-10)5-3-2-4-11/h9-10H,2-3,5-8,12H2,1H3. The molecule has 0 radical (unpaired) electrons. The molecule has 1 heterocycles. The van der Waals surface area contributed by atoms with Crippen LogP contribution >= 0.6 is 0 Å². The Kier molecular flexibility index (Phi) is 4.88. The molecule has 1 saturated heterocycles. The molecule has 2 N–H and O–H groups in total. The number of morpholine rings is 1. The van der Waals surface area contributed by atoms with Crippen molar-refractivity contribution < 1.29 is 4.74 Å². The largest absolute Gasteiger partial charge is 0.374 e. The normalized spacial score (nSPS) is 25.6. The van der Waals surface area contributed by atoms with Crippen LogP contribution in [0.1, 0.15) is 19.8 Å². The Hall–Kier alpha value is -0.630. The zero-order valence-electron chi connectivity index (χ0n) is 8.78. The smallest absolute Gasteiger partial charge is 0.0850 e. The highest BCUT2D eigenvalue weighted by molar-refractivity contribution is 4.78. The van der Waals surface area contributed by atoms with Gasteiger partial charge < -0.3 is 10.5 Å². The van der Waals surface area contributed by atoms with Crippen LogP contribution in [-0.4, -0.2) is 43.3 Å². The van der Waals surface area contributed by atoms with E-state index in [-0.39, 0.29) is 12.1 Å². The van der Waals surface area contributed by atoms with Crippen LogP contribution in [0, 0.1) is 11.3 Å². The number of nitrogens with zero attached hydrogens (tertiary/aromatic N) is 2. The molecule has 80 valence electrons. The molecule has 1 fully saturated rings. The fourth-order valence-corrected chi connectivity index (χ4v) is 1.63. The van der Waals surface area contributed by atoms with Gasteiger partial charge in [0.1, 0.15) is 0 Å². The van der Waals surface area contributed by atoms with Crippen molar-refractivity contribution in [3.05, 3.63) is 0 Å². The van der Waals surface area contributed by atoms with Gasteiger partial charge in [-0.25, -0.2) is 0 Å². The minimum absolute atomic E-state index is 0.0915. The predicted molar refractivity (Wildman–Crippen MR) is 54.7 cm³/mol. The van der Waals surface area contributed by atoms with Gasteiger partial charge in [-0.15, -0.1) is 0 Å². The second kappa shape index (κ2) is 5.97. The van der Waals surface area contributed by atoms with Crippen molar-refractivity contribution >= 4 is 0 Å². The summed E-state index contributed by atoms with van der Waals surface area (Å²) >= 11 is 0. The fourth-order valence-electron chi connectivity index (χ4n) is 1.63. The summed E-state index contributed by atoms with van der Waals surface area (Å²) in [7, 11) is 0. The summed E-state index contributed by atoms with van der Waals surface area (Å²) in [6.45, 7) is 5.60. The van der Waals surface area contributed by atoms with Gasteiger partial charge in [0, 0.05) is 25.6 Å². The Labute approximate surface area is 85.6 Å². The third-order valence-corrected chi connectivity index (χ3v) is 2.53. The summed E-state index contributed by atoms with van der Waals surface area (Å²) < 4.78 is 5.54. The molecule has 2 unspecified atom stereocenters. The maximum absolute atomic E-state index is 8.42. The van der Waals surface area contributed by atoms with Crippen molar-refractivity contribution in [3.63, 3.8) is 0 Å². The third kappa shape index (κ3) is 3.62. The maximum atomic E-state index is 8.42. The first kappa shape index (κ1) is 11.4. The Morgan fingerprint density at radius 2 is 2.50 bits per heavy atom. The van der Waals surface area contributed by atoms with Crippen LogP contribution in [0.25, 0.3) is 0 Å². The second-order valence-electron chi connectivity index (χ2n) is 3.83. The van der Waals surface area contributed by atoms with Gasteiger partial charge in [0.25, 0.3) is 0 Å². The Bertz CT molecular complexity index is 200. The quantitative estimate of drug-likeness (QED) is 0.660. The van der Waals surface area contributed by atoms with E-state index >= 15 is 0 Å². The predicted octanol–water partition coefficient (Wildman–Crippen LogP) is 0.338. The Balaban J connectivity index is 2.23. The van der Waals surface area contributed by atoms with Crippen LogP contribution in [-0.2, 0) is 4.74 Å². The summed E-state index contributed by atoms with van der Waals surface area (Å²) in [6, 6.07) is 2.25. The fraction of sp³-hybridized carbons (Fsp3) is 0.900. The summed E-state index contributed by atoms with van der Waals surface area (Å²) in [5.74, 6) is 0. The molecule has 0 spiro atoms. The molecule has 0 aromatic rings. The van der Waals surface area contributed by atoms with E-state index < -0.39 is 0 Å². The highest BCUT2D eigenvalue weighted by Gasteiger charge is 2.22. The molecule has 1 aliphatic rings. The van der Waals surface area contributed by atoms with Gasteiger partial charge in [0.15, 0.2) is 0 Å². The highest BCUT2D eigenvalue weighted by Crippen LogP contribution is 2.08. The summed E-state index contributed by atoms with van der Waals surface area (Å²) in [5.41, 5.74) is 5.78. The topological polar surface area (TPSA) is 62.3 Å². The summed E-state index contributed by atoms with van der Waals surface area (Å²) in [6.07, 6.45) is 1.74. The van der Waals surface area contributed by atoms with Gasteiger partial charge in [-0.1, -0.05) is 0 Å². The first-order valence-corrected chi connectivity index (χ1v) is 5.20. The molecule has 14 heavy (non-hydrogen) atoms. The van der Waals surface area contributed by atoms with E-state index in [2.05, 4.69) is 11.0 Å². The van der Waals surface area contributed by atoms with Crippen molar-refractivity contribution in [2.75, 3.05) is 26.2 Å². The second-order valence-corrected chi connectivity index (χ2v) is 3.83. The highest BCUT2D eigenvalue weighted by atomic mass is 16.5. The lowest BCUT2D eigenvalue weighted by molar-refractivity contribution is -0.0376. The third-order valence-electron chi connectivity index (χ3n) is 2.53. The van der Waals surface area contributed by atoms with Crippen LogP contribution in [0.5, 0.6) is 0 Å². The van der Waals surface area contributed by atoms with Crippen LogP contribution in [0.15, 0.2) is 0 Å². The monoisotopic (exact) mass is 197 g/mol. The van der Waals surface area contributed by atoms with E-state index in [1.807, 2.05) is 6.92 Å². The lowest BCUT2D eigenvalue weighted by Crippen LogP contribution is -2.49. The molecule has 0 bridgehead atoms. The summed E-state index contributed by atoms with van der Waals surface area (Å²) in [5, 5.41) is 8.42. The van der Waals surface area contributed by atoms with E-state index in [0.29, 0.717) is 6.42 Å². The van der Waals surface area contributed by atoms with Crippen LogP contribution < -0.4 is 5.73 Å². The van der Waals surface area contributed by atoms with Gasteiger partial charge in [0.05, 0.1) is 18.8 Å². The number of ether oxygens (including phenoxy) is 1. The van der Waals surface area contributed by atoms with E-state index in [9.17, 15) is 0 Å². The van der Waals surface area contributed by atoms with Crippen molar-refractivity contribution in [2.24, 2.45) is 5.73 Å². The average molecular weight is 197 g/mol. The number of unbranched alkanes of at least 4 members (excludes halogenated alkanes) is 1. The van der Waals surface area contributed by atoms with Crippen molar-refractivity contribution in [1.82, 2.24) is 4.90 Å². The molecule has 0 amide bonds. The Morgan fingerprint density at radius 1 is 1.71 bits per heavy atom. The zero-order chi connectivity index (χ0) is 10.4.